The Balaban J connectivity index is 1.63. The van der Waals surface area contributed by atoms with Crippen LogP contribution in [-0.4, -0.2) is 25.8 Å². The van der Waals surface area contributed by atoms with Crippen molar-refractivity contribution < 1.29 is 4.74 Å². The number of hydrogen-bond donors (Lipinski definition) is 1. The second-order valence-electron chi connectivity index (χ2n) is 8.47. The second kappa shape index (κ2) is 4.46. The van der Waals surface area contributed by atoms with Gasteiger partial charge < -0.3 is 10.1 Å². The van der Waals surface area contributed by atoms with E-state index in [-0.39, 0.29) is 0 Å². The average Bonchev–Trinajstić information content (AvgIpc) is 2.70. The summed E-state index contributed by atoms with van der Waals surface area (Å²) in [5.41, 5.74) is 1.50. The van der Waals surface area contributed by atoms with Gasteiger partial charge >= 0.3 is 0 Å². The maximum Gasteiger partial charge on any atom is 0.0471 e. The van der Waals surface area contributed by atoms with E-state index in [0.29, 0.717) is 16.2 Å². The lowest BCUT2D eigenvalue weighted by Gasteiger charge is -2.42. The van der Waals surface area contributed by atoms with Crippen LogP contribution in [0.5, 0.6) is 0 Å². The summed E-state index contributed by atoms with van der Waals surface area (Å²) in [5.74, 6) is 0.942. The molecule has 3 rings (SSSR count). The van der Waals surface area contributed by atoms with Crippen LogP contribution in [0.4, 0.5) is 0 Å². The van der Waals surface area contributed by atoms with Crippen LogP contribution >= 0.6 is 0 Å². The van der Waals surface area contributed by atoms with E-state index in [1.165, 1.54) is 38.6 Å². The molecule has 3 fully saturated rings. The van der Waals surface area contributed by atoms with Crippen molar-refractivity contribution in [3.05, 3.63) is 0 Å². The smallest absolute Gasteiger partial charge is 0.0471 e. The van der Waals surface area contributed by atoms with Crippen molar-refractivity contribution in [1.82, 2.24) is 5.32 Å². The van der Waals surface area contributed by atoms with Gasteiger partial charge in [-0.3, -0.25) is 0 Å². The second-order valence-corrected chi connectivity index (χ2v) is 8.47. The van der Waals surface area contributed by atoms with Crippen LogP contribution < -0.4 is 5.32 Å². The first kappa shape index (κ1) is 13.9. The molecule has 2 bridgehead atoms. The summed E-state index contributed by atoms with van der Waals surface area (Å²) in [6.07, 6.45) is 6.71. The predicted octanol–water partition coefficient (Wildman–Crippen LogP) is 3.61. The van der Waals surface area contributed by atoms with Crippen LogP contribution in [0.2, 0.25) is 0 Å². The van der Waals surface area contributed by atoms with Crippen molar-refractivity contribution in [3.8, 4) is 0 Å². The molecule has 110 valence electrons. The standard InChI is InChI=1S/C17H31NO/c1-15(2)13-5-6-17(15,4)14(11-13)18-12-16(3)7-9-19-10-8-16/h13-14,18H,5-12H2,1-4H3. The third-order valence-electron chi connectivity index (χ3n) is 7.27. The average molecular weight is 265 g/mol. The van der Waals surface area contributed by atoms with Crippen LogP contribution in [0.15, 0.2) is 0 Å². The van der Waals surface area contributed by atoms with Gasteiger partial charge in [0.1, 0.15) is 0 Å². The lowest BCUT2D eigenvalue weighted by molar-refractivity contribution is 0.0186. The van der Waals surface area contributed by atoms with E-state index in [2.05, 4.69) is 33.0 Å². The largest absolute Gasteiger partial charge is 0.381 e. The molecule has 0 aromatic heterocycles. The van der Waals surface area contributed by atoms with Gasteiger partial charge in [-0.25, -0.2) is 0 Å². The minimum atomic E-state index is 0.459. The predicted molar refractivity (Wildman–Crippen MR) is 79.2 cm³/mol. The van der Waals surface area contributed by atoms with Gasteiger partial charge in [0.15, 0.2) is 0 Å². The Kier molecular flexibility index (Phi) is 3.26. The van der Waals surface area contributed by atoms with Gasteiger partial charge in [0.2, 0.25) is 0 Å². The van der Waals surface area contributed by atoms with E-state index in [9.17, 15) is 0 Å². The highest BCUT2D eigenvalue weighted by molar-refractivity contribution is 5.13. The van der Waals surface area contributed by atoms with E-state index in [4.69, 9.17) is 4.74 Å². The van der Waals surface area contributed by atoms with Gasteiger partial charge in [-0.05, 0) is 54.3 Å². The quantitative estimate of drug-likeness (QED) is 0.841. The molecule has 0 radical (unpaired) electrons. The first-order valence-corrected chi connectivity index (χ1v) is 8.19. The maximum atomic E-state index is 5.51. The summed E-state index contributed by atoms with van der Waals surface area (Å²) in [6.45, 7) is 13.1. The molecule has 1 heterocycles. The molecule has 1 saturated heterocycles. The summed E-state index contributed by atoms with van der Waals surface area (Å²) in [7, 11) is 0. The summed E-state index contributed by atoms with van der Waals surface area (Å²) < 4.78 is 5.51. The Hall–Kier alpha value is -0.0800. The molecule has 2 heteroatoms. The maximum absolute atomic E-state index is 5.51. The molecule has 1 aliphatic heterocycles. The van der Waals surface area contributed by atoms with Gasteiger partial charge in [0, 0.05) is 25.8 Å². The van der Waals surface area contributed by atoms with Crippen molar-refractivity contribution in [2.24, 2.45) is 22.2 Å². The summed E-state index contributed by atoms with van der Waals surface area (Å²) in [5, 5.41) is 3.96. The Bertz CT molecular complexity index is 345. The van der Waals surface area contributed by atoms with Crippen LogP contribution in [-0.2, 0) is 4.74 Å². The molecular formula is C17H31NO. The van der Waals surface area contributed by atoms with E-state index in [0.717, 1.165) is 25.2 Å². The summed E-state index contributed by atoms with van der Waals surface area (Å²) in [4.78, 5) is 0. The third-order valence-corrected chi connectivity index (χ3v) is 7.27. The molecule has 3 unspecified atom stereocenters. The normalized spacial score (nSPS) is 43.6. The Labute approximate surface area is 118 Å². The molecule has 2 saturated carbocycles. The number of rotatable bonds is 3. The van der Waals surface area contributed by atoms with Crippen molar-refractivity contribution in [2.75, 3.05) is 19.8 Å². The molecule has 0 aromatic rings. The number of hydrogen-bond acceptors (Lipinski definition) is 2. The first-order valence-electron chi connectivity index (χ1n) is 8.19. The highest BCUT2D eigenvalue weighted by atomic mass is 16.5. The minimum Gasteiger partial charge on any atom is -0.381 e. The van der Waals surface area contributed by atoms with E-state index >= 15 is 0 Å². The number of ether oxygens (including phenoxy) is 1. The summed E-state index contributed by atoms with van der Waals surface area (Å²) >= 11 is 0. The lowest BCUT2D eigenvalue weighted by atomic mass is 9.69. The summed E-state index contributed by atoms with van der Waals surface area (Å²) in [6, 6.07) is 0.737. The molecule has 3 aliphatic rings. The van der Waals surface area contributed by atoms with Crippen LogP contribution in [0, 0.1) is 22.2 Å². The fourth-order valence-corrected chi connectivity index (χ4v) is 4.92. The van der Waals surface area contributed by atoms with Gasteiger partial charge in [0.25, 0.3) is 0 Å². The lowest BCUT2D eigenvalue weighted by Crippen LogP contribution is -2.48. The Morgan fingerprint density at radius 1 is 1.05 bits per heavy atom. The Morgan fingerprint density at radius 3 is 2.26 bits per heavy atom. The van der Waals surface area contributed by atoms with Crippen LogP contribution in [0.25, 0.3) is 0 Å². The molecule has 3 atom stereocenters. The highest BCUT2D eigenvalue weighted by Gasteiger charge is 2.61. The monoisotopic (exact) mass is 265 g/mol. The molecule has 2 aliphatic carbocycles. The van der Waals surface area contributed by atoms with Crippen molar-refractivity contribution in [2.45, 2.75) is 65.8 Å². The minimum absolute atomic E-state index is 0.459. The van der Waals surface area contributed by atoms with E-state index < -0.39 is 0 Å². The van der Waals surface area contributed by atoms with Crippen molar-refractivity contribution in [3.63, 3.8) is 0 Å². The molecule has 0 amide bonds. The topological polar surface area (TPSA) is 21.3 Å². The van der Waals surface area contributed by atoms with Gasteiger partial charge in [0.05, 0.1) is 0 Å². The zero-order chi connectivity index (χ0) is 13.7. The zero-order valence-electron chi connectivity index (χ0n) is 13.2. The number of nitrogens with one attached hydrogen (secondary N) is 1. The van der Waals surface area contributed by atoms with Crippen molar-refractivity contribution >= 4 is 0 Å². The van der Waals surface area contributed by atoms with E-state index in [1.807, 2.05) is 0 Å². The molecule has 19 heavy (non-hydrogen) atoms. The van der Waals surface area contributed by atoms with Gasteiger partial charge in [-0.1, -0.05) is 27.7 Å². The van der Waals surface area contributed by atoms with Crippen LogP contribution in [0.1, 0.15) is 59.8 Å². The molecular weight excluding hydrogens is 234 g/mol. The fourth-order valence-electron chi connectivity index (χ4n) is 4.92. The first-order chi connectivity index (χ1) is 8.87. The Morgan fingerprint density at radius 2 is 1.74 bits per heavy atom. The zero-order valence-corrected chi connectivity index (χ0v) is 13.2. The molecule has 0 spiro atoms. The molecule has 1 N–H and O–H groups in total. The van der Waals surface area contributed by atoms with Crippen LogP contribution in [0.3, 0.4) is 0 Å². The van der Waals surface area contributed by atoms with Crippen molar-refractivity contribution in [1.29, 1.82) is 0 Å². The van der Waals surface area contributed by atoms with Gasteiger partial charge in [-0.15, -0.1) is 0 Å². The third kappa shape index (κ3) is 2.06. The van der Waals surface area contributed by atoms with E-state index in [1.54, 1.807) is 0 Å². The highest BCUT2D eigenvalue weighted by Crippen LogP contribution is 2.65. The van der Waals surface area contributed by atoms with Gasteiger partial charge in [-0.2, -0.15) is 0 Å². The molecule has 2 nitrogen and oxygen atoms in total. The molecule has 0 aromatic carbocycles. The SMILES string of the molecule is CC1(CNC2CC3CCC2(C)C3(C)C)CCOCC1. The fraction of sp³-hybridized carbons (Fsp3) is 1.00. The number of fused-ring (bicyclic) bond motifs is 2.